The fourth-order valence-corrected chi connectivity index (χ4v) is 2.38. The number of hydrogen-bond acceptors (Lipinski definition) is 3. The molecule has 0 heterocycles. The van der Waals surface area contributed by atoms with E-state index in [0.29, 0.717) is 17.1 Å². The summed E-state index contributed by atoms with van der Waals surface area (Å²) in [5, 5.41) is 0.503. The Morgan fingerprint density at radius 2 is 1.83 bits per heavy atom. The monoisotopic (exact) mass is 331 g/mol. The molecule has 0 fully saturated rings. The van der Waals surface area contributed by atoms with E-state index in [4.69, 9.17) is 11.6 Å². The van der Waals surface area contributed by atoms with Gasteiger partial charge >= 0.3 is 5.97 Å². The smallest absolute Gasteiger partial charge is 0.307 e. The van der Waals surface area contributed by atoms with Crippen molar-refractivity contribution in [1.29, 1.82) is 0 Å². The Labute approximate surface area is 140 Å². The first-order chi connectivity index (χ1) is 11.1. The lowest BCUT2D eigenvalue weighted by Crippen LogP contribution is -2.32. The zero-order valence-corrected chi connectivity index (χ0v) is 13.6. The summed E-state index contributed by atoms with van der Waals surface area (Å²) in [6.07, 6.45) is 0.148. The molecule has 0 spiro atoms. The van der Waals surface area contributed by atoms with Gasteiger partial charge in [-0.3, -0.25) is 9.59 Å². The fraction of sp³-hybridized carbons (Fsp3) is 0.222. The van der Waals surface area contributed by atoms with Gasteiger partial charge in [0.2, 0.25) is 0 Å². The minimum absolute atomic E-state index is 0.148. The van der Waals surface area contributed by atoms with Gasteiger partial charge in [0.05, 0.1) is 13.5 Å². The number of rotatable bonds is 6. The van der Waals surface area contributed by atoms with E-state index >= 15 is 0 Å². The summed E-state index contributed by atoms with van der Waals surface area (Å²) in [7, 11) is 1.34. The van der Waals surface area contributed by atoms with Crippen molar-refractivity contribution in [2.45, 2.75) is 13.0 Å². The lowest BCUT2D eigenvalue weighted by molar-refractivity contribution is -0.140. The number of nitrogens with zero attached hydrogens (tertiary/aromatic N) is 1. The lowest BCUT2D eigenvalue weighted by atomic mass is 10.1. The molecule has 0 saturated carbocycles. The standard InChI is InChI=1S/C18H18ClNO3/c1-23-17(21)10-11-20(13-14-6-3-2-4-7-14)18(22)15-8-5-9-16(19)12-15/h2-9,12H,10-11,13H2,1H3. The van der Waals surface area contributed by atoms with Crippen LogP contribution in [0.2, 0.25) is 5.02 Å². The third kappa shape index (κ3) is 5.11. The molecule has 2 rings (SSSR count). The molecule has 0 atom stereocenters. The molecule has 0 aliphatic rings. The second-order valence-electron chi connectivity index (χ2n) is 5.05. The van der Waals surface area contributed by atoms with E-state index < -0.39 is 0 Å². The first-order valence-electron chi connectivity index (χ1n) is 7.25. The number of carbonyl (C=O) groups is 2. The SMILES string of the molecule is COC(=O)CCN(Cc1ccccc1)C(=O)c1cccc(Cl)c1. The highest BCUT2D eigenvalue weighted by Gasteiger charge is 2.17. The third-order valence-electron chi connectivity index (χ3n) is 3.39. The van der Waals surface area contributed by atoms with Gasteiger partial charge in [0.25, 0.3) is 5.91 Å². The summed E-state index contributed by atoms with van der Waals surface area (Å²) >= 11 is 5.96. The molecule has 23 heavy (non-hydrogen) atoms. The highest BCUT2D eigenvalue weighted by molar-refractivity contribution is 6.30. The van der Waals surface area contributed by atoms with Crippen LogP contribution in [0.3, 0.4) is 0 Å². The van der Waals surface area contributed by atoms with Crippen molar-refractivity contribution in [2.75, 3.05) is 13.7 Å². The third-order valence-corrected chi connectivity index (χ3v) is 3.62. The predicted molar refractivity (Wildman–Crippen MR) is 89.3 cm³/mol. The maximum absolute atomic E-state index is 12.7. The molecule has 4 nitrogen and oxygen atoms in total. The van der Waals surface area contributed by atoms with Crippen molar-refractivity contribution in [2.24, 2.45) is 0 Å². The number of methoxy groups -OCH3 is 1. The molecule has 5 heteroatoms. The van der Waals surface area contributed by atoms with Crippen LogP contribution in [-0.2, 0) is 16.1 Å². The van der Waals surface area contributed by atoms with E-state index in [2.05, 4.69) is 4.74 Å². The molecule has 0 N–H and O–H groups in total. The summed E-state index contributed by atoms with van der Waals surface area (Å²) < 4.78 is 4.66. The van der Waals surface area contributed by atoms with Crippen LogP contribution in [0.1, 0.15) is 22.3 Å². The van der Waals surface area contributed by atoms with Crippen molar-refractivity contribution in [3.63, 3.8) is 0 Å². The Morgan fingerprint density at radius 3 is 2.48 bits per heavy atom. The topological polar surface area (TPSA) is 46.6 Å². The fourth-order valence-electron chi connectivity index (χ4n) is 2.19. The maximum atomic E-state index is 12.7. The van der Waals surface area contributed by atoms with Crippen LogP contribution in [0.5, 0.6) is 0 Å². The van der Waals surface area contributed by atoms with Gasteiger partial charge in [-0.05, 0) is 23.8 Å². The quantitative estimate of drug-likeness (QED) is 0.760. The number of halogens is 1. The van der Waals surface area contributed by atoms with E-state index in [1.54, 1.807) is 29.2 Å². The second-order valence-corrected chi connectivity index (χ2v) is 5.49. The first kappa shape index (κ1) is 17.0. The van der Waals surface area contributed by atoms with E-state index in [-0.39, 0.29) is 24.8 Å². The highest BCUT2D eigenvalue weighted by Crippen LogP contribution is 2.15. The highest BCUT2D eigenvalue weighted by atomic mass is 35.5. The molecule has 0 aliphatic heterocycles. The Kier molecular flexibility index (Phi) is 6.18. The van der Waals surface area contributed by atoms with Crippen LogP contribution in [0.25, 0.3) is 0 Å². The summed E-state index contributed by atoms with van der Waals surface area (Å²) in [6, 6.07) is 16.4. The maximum Gasteiger partial charge on any atom is 0.307 e. The Balaban J connectivity index is 2.17. The van der Waals surface area contributed by atoms with Gasteiger partial charge in [0.15, 0.2) is 0 Å². The van der Waals surface area contributed by atoms with Gasteiger partial charge < -0.3 is 9.64 Å². The number of carbonyl (C=O) groups excluding carboxylic acids is 2. The van der Waals surface area contributed by atoms with Crippen molar-refractivity contribution in [1.82, 2.24) is 4.90 Å². The van der Waals surface area contributed by atoms with Gasteiger partial charge in [-0.1, -0.05) is 48.0 Å². The lowest BCUT2D eigenvalue weighted by Gasteiger charge is -2.22. The van der Waals surface area contributed by atoms with Gasteiger partial charge in [0, 0.05) is 23.7 Å². The zero-order valence-electron chi connectivity index (χ0n) is 12.9. The summed E-state index contributed by atoms with van der Waals surface area (Å²) in [5.41, 5.74) is 1.49. The van der Waals surface area contributed by atoms with Crippen LogP contribution in [0.15, 0.2) is 54.6 Å². The number of esters is 1. The van der Waals surface area contributed by atoms with Gasteiger partial charge in [-0.25, -0.2) is 0 Å². The molecule has 0 saturated heterocycles. The molecule has 1 amide bonds. The molecule has 0 unspecified atom stereocenters. The van der Waals surface area contributed by atoms with E-state index in [1.165, 1.54) is 7.11 Å². The van der Waals surface area contributed by atoms with Crippen molar-refractivity contribution in [3.05, 3.63) is 70.7 Å². The Bertz CT molecular complexity index is 673. The number of ether oxygens (including phenoxy) is 1. The second kappa shape index (κ2) is 8.34. The van der Waals surface area contributed by atoms with Gasteiger partial charge in [-0.15, -0.1) is 0 Å². The normalized spacial score (nSPS) is 10.2. The molecule has 0 radical (unpaired) electrons. The average Bonchev–Trinajstić information content (AvgIpc) is 2.58. The van der Waals surface area contributed by atoms with E-state index in [9.17, 15) is 9.59 Å². The molecule has 2 aromatic rings. The molecule has 0 bridgehead atoms. The van der Waals surface area contributed by atoms with Crippen LogP contribution < -0.4 is 0 Å². The van der Waals surface area contributed by atoms with Crippen LogP contribution in [-0.4, -0.2) is 30.4 Å². The van der Waals surface area contributed by atoms with Crippen molar-refractivity contribution in [3.8, 4) is 0 Å². The molecule has 0 aliphatic carbocycles. The van der Waals surface area contributed by atoms with E-state index in [0.717, 1.165) is 5.56 Å². The number of amides is 1. The largest absolute Gasteiger partial charge is 0.469 e. The zero-order chi connectivity index (χ0) is 16.7. The van der Waals surface area contributed by atoms with Crippen LogP contribution in [0.4, 0.5) is 0 Å². The summed E-state index contributed by atoms with van der Waals surface area (Å²) in [6.45, 7) is 0.704. The minimum atomic E-state index is -0.345. The number of benzene rings is 2. The average molecular weight is 332 g/mol. The molecular formula is C18H18ClNO3. The Hall–Kier alpha value is -2.33. The van der Waals surface area contributed by atoms with Gasteiger partial charge in [-0.2, -0.15) is 0 Å². The molecular weight excluding hydrogens is 314 g/mol. The Morgan fingerprint density at radius 1 is 1.09 bits per heavy atom. The minimum Gasteiger partial charge on any atom is -0.469 e. The van der Waals surface area contributed by atoms with Crippen LogP contribution >= 0.6 is 11.6 Å². The molecule has 2 aromatic carbocycles. The van der Waals surface area contributed by atoms with Gasteiger partial charge in [0.1, 0.15) is 0 Å². The first-order valence-corrected chi connectivity index (χ1v) is 7.63. The van der Waals surface area contributed by atoms with Crippen LogP contribution in [0, 0.1) is 0 Å². The molecule has 0 aromatic heterocycles. The predicted octanol–water partition coefficient (Wildman–Crippen LogP) is 3.55. The molecule has 120 valence electrons. The van der Waals surface area contributed by atoms with Crippen molar-refractivity contribution < 1.29 is 14.3 Å². The summed E-state index contributed by atoms with van der Waals surface area (Å²) in [5.74, 6) is -0.512. The number of hydrogen-bond donors (Lipinski definition) is 0. The van der Waals surface area contributed by atoms with E-state index in [1.807, 2.05) is 30.3 Å². The van der Waals surface area contributed by atoms with Crippen molar-refractivity contribution >= 4 is 23.5 Å². The summed E-state index contributed by atoms with van der Waals surface area (Å²) in [4.78, 5) is 25.7.